The van der Waals surface area contributed by atoms with E-state index in [9.17, 15) is 4.79 Å². The van der Waals surface area contributed by atoms with Gasteiger partial charge in [-0.05, 0) is 81.1 Å². The zero-order valence-corrected chi connectivity index (χ0v) is 15.4. The summed E-state index contributed by atoms with van der Waals surface area (Å²) in [7, 11) is 0. The lowest BCUT2D eigenvalue weighted by Gasteiger charge is -2.11. The predicted molar refractivity (Wildman–Crippen MR) is 91.2 cm³/mol. The fraction of sp³-hybridized carbons (Fsp3) is 0.133. The average Bonchev–Trinajstić information content (AvgIpc) is 2.42. The van der Waals surface area contributed by atoms with Crippen LogP contribution in [0.1, 0.15) is 27.0 Å². The second-order valence-corrected chi connectivity index (χ2v) is 6.80. The van der Waals surface area contributed by atoms with Crippen molar-refractivity contribution in [3.05, 3.63) is 65.5 Å². The fourth-order valence-corrected chi connectivity index (χ4v) is 3.41. The van der Waals surface area contributed by atoms with Crippen molar-refractivity contribution in [1.82, 2.24) is 0 Å². The van der Waals surface area contributed by atoms with Gasteiger partial charge in [0.15, 0.2) is 5.78 Å². The normalized spacial score (nSPS) is 10.7. The highest BCUT2D eigenvalue weighted by atomic mass is 79.9. The van der Waals surface area contributed by atoms with Crippen molar-refractivity contribution in [2.45, 2.75) is 13.8 Å². The maximum atomic E-state index is 12.7. The Morgan fingerprint density at radius 3 is 1.55 bits per heavy atom. The molecule has 0 radical (unpaired) electrons. The number of carbonyl (C=O) groups excluding carboxylic acids is 1. The Kier molecular flexibility index (Phi) is 4.96. The molecule has 0 unspecified atom stereocenters. The van der Waals surface area contributed by atoms with Crippen LogP contribution >= 0.6 is 55.1 Å². The standard InChI is InChI=1S/C15H10Br2Cl2O/c1-7-11(18)5-3-9(13(7)16)15(20)10-4-6-12(19)8(2)14(10)17/h3-6H,1-2H3. The molecule has 0 aliphatic heterocycles. The Balaban J connectivity index is 2.58. The molecule has 0 fully saturated rings. The lowest BCUT2D eigenvalue weighted by Crippen LogP contribution is -2.05. The number of halogens is 4. The van der Waals surface area contributed by atoms with Gasteiger partial charge in [-0.25, -0.2) is 0 Å². The molecule has 20 heavy (non-hydrogen) atoms. The lowest BCUT2D eigenvalue weighted by atomic mass is 10.00. The molecule has 0 aliphatic rings. The van der Waals surface area contributed by atoms with Gasteiger partial charge in [0.1, 0.15) is 0 Å². The van der Waals surface area contributed by atoms with Crippen LogP contribution in [0.4, 0.5) is 0 Å². The van der Waals surface area contributed by atoms with E-state index in [2.05, 4.69) is 31.9 Å². The van der Waals surface area contributed by atoms with Crippen molar-refractivity contribution in [1.29, 1.82) is 0 Å². The van der Waals surface area contributed by atoms with Gasteiger partial charge in [0.05, 0.1) is 0 Å². The van der Waals surface area contributed by atoms with Gasteiger partial charge in [0.2, 0.25) is 0 Å². The van der Waals surface area contributed by atoms with E-state index in [4.69, 9.17) is 23.2 Å². The molecule has 0 amide bonds. The van der Waals surface area contributed by atoms with E-state index in [0.717, 1.165) is 20.1 Å². The lowest BCUT2D eigenvalue weighted by molar-refractivity contribution is 0.103. The topological polar surface area (TPSA) is 17.1 Å². The summed E-state index contributed by atoms with van der Waals surface area (Å²) < 4.78 is 1.43. The quantitative estimate of drug-likeness (QED) is 0.500. The number of hydrogen-bond donors (Lipinski definition) is 0. The van der Waals surface area contributed by atoms with Crippen LogP contribution in [0.15, 0.2) is 33.2 Å². The Labute approximate surface area is 144 Å². The molecular weight excluding hydrogens is 427 g/mol. The van der Waals surface area contributed by atoms with Crippen LogP contribution < -0.4 is 0 Å². The average molecular weight is 437 g/mol. The van der Waals surface area contributed by atoms with E-state index in [-0.39, 0.29) is 5.78 Å². The Morgan fingerprint density at radius 2 is 1.20 bits per heavy atom. The number of carbonyl (C=O) groups is 1. The third-order valence-corrected chi connectivity index (χ3v) is 5.99. The van der Waals surface area contributed by atoms with Gasteiger partial charge in [0.25, 0.3) is 0 Å². The first-order valence-corrected chi connectivity index (χ1v) is 8.12. The monoisotopic (exact) mass is 434 g/mol. The smallest absolute Gasteiger partial charge is 0.195 e. The molecule has 1 nitrogen and oxygen atoms in total. The molecule has 104 valence electrons. The van der Waals surface area contributed by atoms with E-state index < -0.39 is 0 Å². The van der Waals surface area contributed by atoms with Crippen molar-refractivity contribution in [2.24, 2.45) is 0 Å². The molecule has 0 heterocycles. The van der Waals surface area contributed by atoms with Crippen LogP contribution in [0.25, 0.3) is 0 Å². The van der Waals surface area contributed by atoms with Crippen LogP contribution in [-0.4, -0.2) is 5.78 Å². The Morgan fingerprint density at radius 1 is 0.850 bits per heavy atom. The first-order valence-electron chi connectivity index (χ1n) is 5.78. The van der Waals surface area contributed by atoms with Crippen LogP contribution in [0.3, 0.4) is 0 Å². The van der Waals surface area contributed by atoms with Crippen molar-refractivity contribution >= 4 is 60.8 Å². The molecule has 0 bridgehead atoms. The number of benzene rings is 2. The van der Waals surface area contributed by atoms with Gasteiger partial charge in [-0.2, -0.15) is 0 Å². The zero-order chi connectivity index (χ0) is 15.0. The van der Waals surface area contributed by atoms with Gasteiger partial charge in [-0.15, -0.1) is 0 Å². The van der Waals surface area contributed by atoms with Gasteiger partial charge in [0, 0.05) is 30.1 Å². The Hall–Kier alpha value is -0.350. The van der Waals surface area contributed by atoms with Gasteiger partial charge in [-0.1, -0.05) is 23.2 Å². The minimum Gasteiger partial charge on any atom is -0.289 e. The molecule has 2 aromatic rings. The summed E-state index contributed by atoms with van der Waals surface area (Å²) in [6, 6.07) is 6.90. The molecule has 0 spiro atoms. The third-order valence-electron chi connectivity index (χ3n) is 3.13. The van der Waals surface area contributed by atoms with E-state index in [0.29, 0.717) is 21.2 Å². The minimum absolute atomic E-state index is 0.0803. The van der Waals surface area contributed by atoms with E-state index >= 15 is 0 Å². The summed E-state index contributed by atoms with van der Waals surface area (Å²) in [5.74, 6) is -0.0803. The van der Waals surface area contributed by atoms with Crippen molar-refractivity contribution in [2.75, 3.05) is 0 Å². The number of rotatable bonds is 2. The van der Waals surface area contributed by atoms with E-state index in [1.165, 1.54) is 0 Å². The van der Waals surface area contributed by atoms with Crippen molar-refractivity contribution in [3.63, 3.8) is 0 Å². The predicted octanol–water partition coefficient (Wildman–Crippen LogP) is 6.37. The maximum Gasteiger partial charge on any atom is 0.195 e. The largest absolute Gasteiger partial charge is 0.289 e. The molecule has 0 N–H and O–H groups in total. The molecule has 0 aromatic heterocycles. The highest BCUT2D eigenvalue weighted by molar-refractivity contribution is 9.11. The third kappa shape index (κ3) is 2.82. The molecule has 0 aliphatic carbocycles. The minimum atomic E-state index is -0.0803. The van der Waals surface area contributed by atoms with Crippen LogP contribution in [0, 0.1) is 13.8 Å². The molecule has 0 saturated carbocycles. The van der Waals surface area contributed by atoms with Crippen LogP contribution in [0.5, 0.6) is 0 Å². The zero-order valence-electron chi connectivity index (χ0n) is 10.7. The van der Waals surface area contributed by atoms with E-state index in [1.54, 1.807) is 24.3 Å². The summed E-state index contributed by atoms with van der Waals surface area (Å²) in [5.41, 5.74) is 2.85. The maximum absolute atomic E-state index is 12.7. The van der Waals surface area contributed by atoms with Gasteiger partial charge < -0.3 is 0 Å². The first-order chi connectivity index (χ1) is 9.34. The van der Waals surface area contributed by atoms with Crippen LogP contribution in [-0.2, 0) is 0 Å². The molecule has 0 atom stereocenters. The Bertz CT molecular complexity index is 652. The highest BCUT2D eigenvalue weighted by Gasteiger charge is 2.19. The SMILES string of the molecule is Cc1c(Cl)ccc(C(=O)c2ccc(Cl)c(C)c2Br)c1Br. The van der Waals surface area contributed by atoms with Crippen molar-refractivity contribution in [3.8, 4) is 0 Å². The fourth-order valence-electron chi connectivity index (χ4n) is 1.82. The summed E-state index contributed by atoms with van der Waals surface area (Å²) >= 11 is 19.0. The van der Waals surface area contributed by atoms with Crippen LogP contribution in [0.2, 0.25) is 10.0 Å². The molecule has 2 rings (SSSR count). The second kappa shape index (κ2) is 6.18. The first kappa shape index (κ1) is 16.0. The summed E-state index contributed by atoms with van der Waals surface area (Å²) in [6.45, 7) is 3.73. The molecule has 0 saturated heterocycles. The highest BCUT2D eigenvalue weighted by Crippen LogP contribution is 2.33. The van der Waals surface area contributed by atoms with Gasteiger partial charge in [-0.3, -0.25) is 4.79 Å². The number of ketones is 1. The number of hydrogen-bond acceptors (Lipinski definition) is 1. The van der Waals surface area contributed by atoms with E-state index in [1.807, 2.05) is 13.8 Å². The van der Waals surface area contributed by atoms with Crippen molar-refractivity contribution < 1.29 is 4.79 Å². The molecule has 5 heteroatoms. The summed E-state index contributed by atoms with van der Waals surface area (Å²) in [4.78, 5) is 12.7. The summed E-state index contributed by atoms with van der Waals surface area (Å²) in [5, 5.41) is 1.25. The summed E-state index contributed by atoms with van der Waals surface area (Å²) in [6.07, 6.45) is 0. The second-order valence-electron chi connectivity index (χ2n) is 4.40. The molecular formula is C15H10Br2Cl2O. The van der Waals surface area contributed by atoms with Gasteiger partial charge >= 0.3 is 0 Å². The molecule has 2 aromatic carbocycles.